The quantitative estimate of drug-likeness (QED) is 0.681. The molecule has 2 N–H and O–H groups in total. The van der Waals surface area contributed by atoms with Gasteiger partial charge in [-0.25, -0.2) is 9.48 Å². The molecular weight excluding hydrogens is 222 g/mol. The normalized spacial score (nSPS) is 19.5. The number of hydrogen-bond donors (Lipinski definition) is 2. The summed E-state index contributed by atoms with van der Waals surface area (Å²) in [4.78, 5) is 23.2. The molecule has 1 aliphatic rings. The summed E-state index contributed by atoms with van der Waals surface area (Å²) in [6, 6.07) is 0.374. The molecule has 0 bridgehead atoms. The van der Waals surface area contributed by atoms with E-state index < -0.39 is 5.69 Å². The minimum atomic E-state index is -0.417. The highest BCUT2D eigenvalue weighted by atomic mass is 16.2. The van der Waals surface area contributed by atoms with E-state index in [1.165, 1.54) is 14.1 Å². The standard InChI is InChI=1S/C10H17N5O2/c1-14-9(16)8(13-15(2)10(14)17)12-6-7-4-3-5-11-7/h7,11H,3-6H2,1-2H3,(H,12,13). The fourth-order valence-electron chi connectivity index (χ4n) is 1.96. The second-order valence-electron chi connectivity index (χ2n) is 4.29. The lowest BCUT2D eigenvalue weighted by Gasteiger charge is -2.12. The molecule has 1 aromatic rings. The van der Waals surface area contributed by atoms with Crippen LogP contribution in [0.3, 0.4) is 0 Å². The minimum Gasteiger partial charge on any atom is -0.362 e. The topological polar surface area (TPSA) is 81.0 Å². The Kier molecular flexibility index (Phi) is 3.28. The van der Waals surface area contributed by atoms with Gasteiger partial charge in [0.25, 0.3) is 5.56 Å². The monoisotopic (exact) mass is 239 g/mol. The molecule has 7 heteroatoms. The van der Waals surface area contributed by atoms with Gasteiger partial charge < -0.3 is 10.6 Å². The molecule has 1 atom stereocenters. The number of hydrogen-bond acceptors (Lipinski definition) is 5. The van der Waals surface area contributed by atoms with E-state index in [-0.39, 0.29) is 11.4 Å². The Morgan fingerprint density at radius 3 is 2.88 bits per heavy atom. The van der Waals surface area contributed by atoms with Crippen molar-refractivity contribution in [3.05, 3.63) is 20.8 Å². The minimum absolute atomic E-state index is 0.225. The molecule has 1 aromatic heterocycles. The van der Waals surface area contributed by atoms with Crippen LogP contribution < -0.4 is 21.9 Å². The van der Waals surface area contributed by atoms with Gasteiger partial charge >= 0.3 is 5.69 Å². The summed E-state index contributed by atoms with van der Waals surface area (Å²) in [6.07, 6.45) is 2.25. The molecule has 1 fully saturated rings. The SMILES string of the molecule is Cn1nc(NCC2CCCN2)c(=O)n(C)c1=O. The number of nitrogens with zero attached hydrogens (tertiary/aromatic N) is 3. The first-order valence-electron chi connectivity index (χ1n) is 5.71. The highest BCUT2D eigenvalue weighted by Crippen LogP contribution is 2.04. The number of rotatable bonds is 3. The van der Waals surface area contributed by atoms with E-state index >= 15 is 0 Å². The third-order valence-corrected chi connectivity index (χ3v) is 3.00. The number of nitrogens with one attached hydrogen (secondary N) is 2. The molecule has 94 valence electrons. The molecule has 1 unspecified atom stereocenters. The number of aromatic nitrogens is 3. The molecule has 0 aromatic carbocycles. The van der Waals surface area contributed by atoms with Crippen LogP contribution in [0.15, 0.2) is 9.59 Å². The van der Waals surface area contributed by atoms with E-state index in [4.69, 9.17) is 0 Å². The first kappa shape index (κ1) is 11.8. The van der Waals surface area contributed by atoms with Gasteiger partial charge in [-0.2, -0.15) is 0 Å². The van der Waals surface area contributed by atoms with E-state index in [1.807, 2.05) is 0 Å². The maximum absolute atomic E-state index is 11.8. The van der Waals surface area contributed by atoms with Crippen LogP contribution in [-0.4, -0.2) is 33.5 Å². The van der Waals surface area contributed by atoms with E-state index in [2.05, 4.69) is 15.7 Å². The van der Waals surface area contributed by atoms with Crippen LogP contribution in [0.2, 0.25) is 0 Å². The van der Waals surface area contributed by atoms with Crippen molar-refractivity contribution >= 4 is 5.82 Å². The average molecular weight is 239 g/mol. The molecule has 1 aliphatic heterocycles. The van der Waals surface area contributed by atoms with E-state index in [0.717, 1.165) is 28.6 Å². The van der Waals surface area contributed by atoms with Crippen LogP contribution in [-0.2, 0) is 14.1 Å². The second kappa shape index (κ2) is 4.70. The Labute approximate surface area is 98.5 Å². The lowest BCUT2D eigenvalue weighted by molar-refractivity contribution is 0.593. The van der Waals surface area contributed by atoms with E-state index in [9.17, 15) is 9.59 Å². The summed E-state index contributed by atoms with van der Waals surface area (Å²) in [6.45, 7) is 1.67. The van der Waals surface area contributed by atoms with Gasteiger partial charge in [0.1, 0.15) is 0 Å². The molecule has 0 spiro atoms. The average Bonchev–Trinajstić information content (AvgIpc) is 2.82. The largest absolute Gasteiger partial charge is 0.362 e. The molecule has 0 amide bonds. The van der Waals surface area contributed by atoms with Gasteiger partial charge in [0.2, 0.25) is 5.82 Å². The maximum atomic E-state index is 11.8. The Morgan fingerprint density at radius 2 is 2.24 bits per heavy atom. The van der Waals surface area contributed by atoms with Crippen LogP contribution in [0.5, 0.6) is 0 Å². The summed E-state index contributed by atoms with van der Waals surface area (Å²) >= 11 is 0. The highest BCUT2D eigenvalue weighted by Gasteiger charge is 2.15. The highest BCUT2D eigenvalue weighted by molar-refractivity contribution is 5.29. The zero-order chi connectivity index (χ0) is 12.4. The fourth-order valence-corrected chi connectivity index (χ4v) is 1.96. The lowest BCUT2D eigenvalue weighted by Crippen LogP contribution is -2.41. The summed E-state index contributed by atoms with van der Waals surface area (Å²) in [5, 5.41) is 10.2. The summed E-state index contributed by atoms with van der Waals surface area (Å²) < 4.78 is 2.21. The van der Waals surface area contributed by atoms with Crippen molar-refractivity contribution in [3.63, 3.8) is 0 Å². The van der Waals surface area contributed by atoms with Gasteiger partial charge in [-0.1, -0.05) is 0 Å². The van der Waals surface area contributed by atoms with E-state index in [0.29, 0.717) is 12.6 Å². The summed E-state index contributed by atoms with van der Waals surface area (Å²) in [5.41, 5.74) is -0.800. The van der Waals surface area contributed by atoms with Gasteiger partial charge in [0.05, 0.1) is 0 Å². The first-order chi connectivity index (χ1) is 8.09. The van der Waals surface area contributed by atoms with Gasteiger partial charge in [0.15, 0.2) is 0 Å². The molecule has 7 nitrogen and oxygen atoms in total. The van der Waals surface area contributed by atoms with Crippen LogP contribution in [0.1, 0.15) is 12.8 Å². The van der Waals surface area contributed by atoms with Crippen molar-refractivity contribution < 1.29 is 0 Å². The van der Waals surface area contributed by atoms with Gasteiger partial charge in [0, 0.05) is 26.7 Å². The zero-order valence-electron chi connectivity index (χ0n) is 10.1. The number of anilines is 1. The Hall–Kier alpha value is -1.63. The molecule has 0 radical (unpaired) electrons. The van der Waals surface area contributed by atoms with Crippen molar-refractivity contribution in [3.8, 4) is 0 Å². The van der Waals surface area contributed by atoms with Crippen molar-refractivity contribution in [1.82, 2.24) is 19.7 Å². The van der Waals surface area contributed by atoms with Gasteiger partial charge in [-0.05, 0) is 19.4 Å². The maximum Gasteiger partial charge on any atom is 0.346 e. The lowest BCUT2D eigenvalue weighted by atomic mass is 10.2. The molecule has 0 aliphatic carbocycles. The van der Waals surface area contributed by atoms with Gasteiger partial charge in [-0.3, -0.25) is 9.36 Å². The Morgan fingerprint density at radius 1 is 1.47 bits per heavy atom. The van der Waals surface area contributed by atoms with Crippen LogP contribution in [0, 0.1) is 0 Å². The summed E-state index contributed by atoms with van der Waals surface area (Å²) in [5.74, 6) is 0.225. The first-order valence-corrected chi connectivity index (χ1v) is 5.71. The molecule has 17 heavy (non-hydrogen) atoms. The Bertz CT molecular complexity index is 512. The summed E-state index contributed by atoms with van der Waals surface area (Å²) in [7, 11) is 2.98. The predicted octanol–water partition coefficient (Wildman–Crippen LogP) is -1.36. The molecule has 2 rings (SSSR count). The molecule has 0 saturated carbocycles. The zero-order valence-corrected chi connectivity index (χ0v) is 10.1. The van der Waals surface area contributed by atoms with Crippen molar-refractivity contribution in [2.45, 2.75) is 18.9 Å². The molecular formula is C10H17N5O2. The smallest absolute Gasteiger partial charge is 0.346 e. The third kappa shape index (κ3) is 2.38. The van der Waals surface area contributed by atoms with Crippen molar-refractivity contribution in [2.75, 3.05) is 18.4 Å². The molecule has 2 heterocycles. The van der Waals surface area contributed by atoms with E-state index in [1.54, 1.807) is 0 Å². The van der Waals surface area contributed by atoms with Crippen LogP contribution in [0.25, 0.3) is 0 Å². The second-order valence-corrected chi connectivity index (χ2v) is 4.29. The van der Waals surface area contributed by atoms with Crippen molar-refractivity contribution in [2.24, 2.45) is 14.1 Å². The third-order valence-electron chi connectivity index (χ3n) is 3.00. The van der Waals surface area contributed by atoms with Crippen LogP contribution in [0.4, 0.5) is 5.82 Å². The Balaban J connectivity index is 2.15. The van der Waals surface area contributed by atoms with Crippen molar-refractivity contribution in [1.29, 1.82) is 0 Å². The number of aryl methyl sites for hydroxylation is 1. The molecule has 1 saturated heterocycles. The van der Waals surface area contributed by atoms with Crippen LogP contribution >= 0.6 is 0 Å². The fraction of sp³-hybridized carbons (Fsp3) is 0.700. The van der Waals surface area contributed by atoms with Gasteiger partial charge in [-0.15, -0.1) is 5.10 Å². The predicted molar refractivity (Wildman–Crippen MR) is 64.2 cm³/mol.